The fraction of sp³-hybridized carbons (Fsp3) is 0.500. The van der Waals surface area contributed by atoms with Crippen LogP contribution in [0.2, 0.25) is 0 Å². The molecule has 0 radical (unpaired) electrons. The number of nitrogens with zero attached hydrogens (tertiary/aromatic N) is 4. The number of imidazole rings is 1. The molecule has 112 valence electrons. The smallest absolute Gasteiger partial charge is 0.129 e. The summed E-state index contributed by atoms with van der Waals surface area (Å²) in [5.41, 5.74) is 2.38. The summed E-state index contributed by atoms with van der Waals surface area (Å²) in [6.07, 6.45) is 3.92. The van der Waals surface area contributed by atoms with Crippen LogP contribution in [0.5, 0.6) is 0 Å². The van der Waals surface area contributed by atoms with Crippen LogP contribution in [-0.4, -0.2) is 27.1 Å². The van der Waals surface area contributed by atoms with Crippen molar-refractivity contribution in [3.05, 3.63) is 41.6 Å². The fourth-order valence-electron chi connectivity index (χ4n) is 2.62. The highest BCUT2D eigenvalue weighted by atomic mass is 15.3. The van der Waals surface area contributed by atoms with Gasteiger partial charge in [-0.15, -0.1) is 0 Å². The first-order chi connectivity index (χ1) is 10.1. The van der Waals surface area contributed by atoms with E-state index >= 15 is 0 Å². The van der Waals surface area contributed by atoms with Gasteiger partial charge in [-0.05, 0) is 18.6 Å². The Hall–Kier alpha value is -1.88. The van der Waals surface area contributed by atoms with E-state index in [0.29, 0.717) is 6.04 Å². The summed E-state index contributed by atoms with van der Waals surface area (Å²) >= 11 is 0. The Labute approximate surface area is 126 Å². The second kappa shape index (κ2) is 5.85. The van der Waals surface area contributed by atoms with E-state index in [9.17, 15) is 0 Å². The van der Waals surface area contributed by atoms with Gasteiger partial charge < -0.3 is 14.8 Å². The lowest BCUT2D eigenvalue weighted by Crippen LogP contribution is -2.34. The Morgan fingerprint density at radius 1 is 1.29 bits per heavy atom. The Morgan fingerprint density at radius 3 is 2.90 bits per heavy atom. The summed E-state index contributed by atoms with van der Waals surface area (Å²) in [7, 11) is 0. The molecule has 2 aromatic heterocycles. The number of hydrogen-bond acceptors (Lipinski definition) is 4. The molecule has 0 atom stereocenters. The molecule has 0 saturated heterocycles. The van der Waals surface area contributed by atoms with Gasteiger partial charge in [-0.3, -0.25) is 0 Å². The van der Waals surface area contributed by atoms with E-state index < -0.39 is 0 Å². The third-order valence-electron chi connectivity index (χ3n) is 3.95. The highest BCUT2D eigenvalue weighted by Crippen LogP contribution is 2.20. The molecule has 0 amide bonds. The van der Waals surface area contributed by atoms with Gasteiger partial charge in [0, 0.05) is 43.8 Å². The molecule has 5 heteroatoms. The van der Waals surface area contributed by atoms with Crippen LogP contribution in [0.15, 0.2) is 24.5 Å². The molecule has 0 saturated carbocycles. The van der Waals surface area contributed by atoms with Crippen LogP contribution >= 0.6 is 0 Å². The maximum Gasteiger partial charge on any atom is 0.129 e. The van der Waals surface area contributed by atoms with Crippen LogP contribution in [0.4, 0.5) is 5.82 Å². The highest BCUT2D eigenvalue weighted by molar-refractivity contribution is 5.42. The number of aromatic nitrogens is 3. The first kappa shape index (κ1) is 14.1. The molecule has 3 rings (SSSR count). The van der Waals surface area contributed by atoms with Gasteiger partial charge in [-0.25, -0.2) is 9.97 Å². The summed E-state index contributed by atoms with van der Waals surface area (Å²) in [6.45, 7) is 10.1. The molecule has 0 aliphatic carbocycles. The molecule has 5 nitrogen and oxygen atoms in total. The molecule has 1 aliphatic heterocycles. The lowest BCUT2D eigenvalue weighted by atomic mass is 10.2. The standard InChI is InChI=1S/C16H23N5/c1-12(2)18-10-14-4-5-15(19-13(14)3)21-9-8-20-7-6-17-16(20)11-21/h4-7,12,18H,8-11H2,1-3H3. The monoisotopic (exact) mass is 285 g/mol. The molecule has 2 aromatic rings. The molecule has 0 fully saturated rings. The van der Waals surface area contributed by atoms with E-state index in [4.69, 9.17) is 4.98 Å². The number of aryl methyl sites for hydroxylation is 1. The normalized spacial score (nSPS) is 14.6. The summed E-state index contributed by atoms with van der Waals surface area (Å²) in [5, 5.41) is 3.44. The minimum atomic E-state index is 0.491. The van der Waals surface area contributed by atoms with Gasteiger partial charge in [0.2, 0.25) is 0 Å². The lowest BCUT2D eigenvalue weighted by Gasteiger charge is -2.29. The molecule has 0 unspecified atom stereocenters. The minimum absolute atomic E-state index is 0.491. The van der Waals surface area contributed by atoms with Gasteiger partial charge >= 0.3 is 0 Å². The van der Waals surface area contributed by atoms with Gasteiger partial charge in [-0.1, -0.05) is 19.9 Å². The predicted molar refractivity (Wildman–Crippen MR) is 84.2 cm³/mol. The Kier molecular flexibility index (Phi) is 3.92. The van der Waals surface area contributed by atoms with E-state index in [-0.39, 0.29) is 0 Å². The van der Waals surface area contributed by atoms with Crippen molar-refractivity contribution >= 4 is 5.82 Å². The van der Waals surface area contributed by atoms with Crippen LogP contribution in [0.25, 0.3) is 0 Å². The highest BCUT2D eigenvalue weighted by Gasteiger charge is 2.18. The first-order valence-electron chi connectivity index (χ1n) is 7.58. The number of hydrogen-bond donors (Lipinski definition) is 1. The third-order valence-corrected chi connectivity index (χ3v) is 3.95. The van der Waals surface area contributed by atoms with Crippen molar-refractivity contribution in [2.45, 2.75) is 46.4 Å². The molecule has 3 heterocycles. The molecular formula is C16H23N5. The van der Waals surface area contributed by atoms with Gasteiger partial charge in [0.15, 0.2) is 0 Å². The largest absolute Gasteiger partial charge is 0.347 e. The topological polar surface area (TPSA) is 46.0 Å². The van der Waals surface area contributed by atoms with E-state index in [0.717, 1.165) is 43.5 Å². The van der Waals surface area contributed by atoms with Gasteiger partial charge in [0.25, 0.3) is 0 Å². The van der Waals surface area contributed by atoms with Crippen LogP contribution in [0.1, 0.15) is 30.9 Å². The number of pyridine rings is 1. The lowest BCUT2D eigenvalue weighted by molar-refractivity contribution is 0.555. The zero-order valence-corrected chi connectivity index (χ0v) is 13.0. The zero-order valence-electron chi connectivity index (χ0n) is 13.0. The van der Waals surface area contributed by atoms with Crippen molar-refractivity contribution < 1.29 is 0 Å². The number of fused-ring (bicyclic) bond motifs is 1. The number of anilines is 1. The molecule has 0 spiro atoms. The van der Waals surface area contributed by atoms with Crippen molar-refractivity contribution in [2.75, 3.05) is 11.4 Å². The maximum absolute atomic E-state index is 4.78. The number of nitrogens with one attached hydrogen (secondary N) is 1. The van der Waals surface area contributed by atoms with Crippen molar-refractivity contribution in [1.82, 2.24) is 19.9 Å². The van der Waals surface area contributed by atoms with Crippen LogP contribution in [0, 0.1) is 6.92 Å². The molecule has 0 aromatic carbocycles. The van der Waals surface area contributed by atoms with Crippen molar-refractivity contribution in [1.29, 1.82) is 0 Å². The van der Waals surface area contributed by atoms with Gasteiger partial charge in [0.1, 0.15) is 11.6 Å². The van der Waals surface area contributed by atoms with Crippen molar-refractivity contribution in [2.24, 2.45) is 0 Å². The van der Waals surface area contributed by atoms with Crippen molar-refractivity contribution in [3.63, 3.8) is 0 Å². The molecule has 1 N–H and O–H groups in total. The molecule has 21 heavy (non-hydrogen) atoms. The third kappa shape index (κ3) is 3.08. The SMILES string of the molecule is Cc1nc(N2CCn3ccnc3C2)ccc1CNC(C)C. The second-order valence-electron chi connectivity index (χ2n) is 5.91. The average molecular weight is 285 g/mol. The average Bonchev–Trinajstić information content (AvgIpc) is 2.93. The fourth-order valence-corrected chi connectivity index (χ4v) is 2.62. The summed E-state index contributed by atoms with van der Waals surface area (Å²) in [4.78, 5) is 11.5. The van der Waals surface area contributed by atoms with E-state index in [1.54, 1.807) is 0 Å². The van der Waals surface area contributed by atoms with E-state index in [2.05, 4.69) is 52.7 Å². The minimum Gasteiger partial charge on any atom is -0.347 e. The molecular weight excluding hydrogens is 262 g/mol. The summed E-state index contributed by atoms with van der Waals surface area (Å²) in [5.74, 6) is 2.17. The summed E-state index contributed by atoms with van der Waals surface area (Å²) < 4.78 is 2.21. The Morgan fingerprint density at radius 2 is 2.14 bits per heavy atom. The van der Waals surface area contributed by atoms with E-state index in [1.165, 1.54) is 5.56 Å². The van der Waals surface area contributed by atoms with Gasteiger partial charge in [-0.2, -0.15) is 0 Å². The maximum atomic E-state index is 4.78. The van der Waals surface area contributed by atoms with Crippen LogP contribution in [0.3, 0.4) is 0 Å². The predicted octanol–water partition coefficient (Wildman–Crippen LogP) is 2.10. The molecule has 0 bridgehead atoms. The molecule has 1 aliphatic rings. The first-order valence-corrected chi connectivity index (χ1v) is 7.58. The van der Waals surface area contributed by atoms with Gasteiger partial charge in [0.05, 0.1) is 6.54 Å². The summed E-state index contributed by atoms with van der Waals surface area (Å²) in [6, 6.07) is 4.81. The quantitative estimate of drug-likeness (QED) is 0.934. The number of rotatable bonds is 4. The Bertz CT molecular complexity index is 617. The van der Waals surface area contributed by atoms with E-state index in [1.807, 2.05) is 12.4 Å². The van der Waals surface area contributed by atoms with Crippen LogP contribution < -0.4 is 10.2 Å². The van der Waals surface area contributed by atoms with Crippen LogP contribution in [-0.2, 0) is 19.6 Å². The Balaban J connectivity index is 1.73. The second-order valence-corrected chi connectivity index (χ2v) is 5.91. The zero-order chi connectivity index (χ0) is 14.8. The van der Waals surface area contributed by atoms with Crippen molar-refractivity contribution in [3.8, 4) is 0 Å².